The first-order valence-corrected chi connectivity index (χ1v) is 16.4. The second-order valence-electron chi connectivity index (χ2n) is 12.3. The fourth-order valence-electron chi connectivity index (χ4n) is 4.69. The van der Waals surface area contributed by atoms with Gasteiger partial charge in [-0.05, 0) is 50.4 Å². The van der Waals surface area contributed by atoms with E-state index in [9.17, 15) is 9.90 Å². The average Bonchev–Trinajstić information content (AvgIpc) is 3.15. The van der Waals surface area contributed by atoms with E-state index in [1.165, 1.54) is 0 Å². The highest BCUT2D eigenvalue weighted by Crippen LogP contribution is 2.44. The van der Waals surface area contributed by atoms with Crippen LogP contribution in [0.5, 0.6) is 0 Å². The molecule has 1 N–H and O–H groups in total. The van der Waals surface area contributed by atoms with Crippen molar-refractivity contribution in [1.82, 2.24) is 0 Å². The van der Waals surface area contributed by atoms with Crippen molar-refractivity contribution in [1.29, 1.82) is 0 Å². The van der Waals surface area contributed by atoms with E-state index in [0.717, 1.165) is 11.1 Å². The topological polar surface area (TPSA) is 74.2 Å². The van der Waals surface area contributed by atoms with Crippen LogP contribution >= 0.6 is 0 Å². The first-order valence-electron chi connectivity index (χ1n) is 13.5. The number of cyclic esters (lactones) is 1. The zero-order valence-corrected chi connectivity index (χ0v) is 24.8. The maximum absolute atomic E-state index is 13.2. The average molecular weight is 531 g/mol. The number of carbonyl (C=O) groups excluding carboxylic acids is 1. The van der Waals surface area contributed by atoms with Gasteiger partial charge in [0.05, 0.1) is 24.7 Å². The van der Waals surface area contributed by atoms with Gasteiger partial charge in [-0.1, -0.05) is 76.3 Å². The zero-order chi connectivity index (χ0) is 27.4. The first-order chi connectivity index (χ1) is 17.3. The van der Waals surface area contributed by atoms with Gasteiger partial charge in [0.15, 0.2) is 14.6 Å². The molecule has 0 spiro atoms. The van der Waals surface area contributed by atoms with Gasteiger partial charge in [0.1, 0.15) is 12.2 Å². The van der Waals surface area contributed by atoms with E-state index < -0.39 is 26.3 Å². The largest absolute Gasteiger partial charge is 0.457 e. The number of rotatable bonds is 5. The fraction of sp³-hybridized carbons (Fsp3) is 0.633. The van der Waals surface area contributed by atoms with Crippen LogP contribution in [0.25, 0.3) is 0 Å². The summed E-state index contributed by atoms with van der Waals surface area (Å²) in [5.74, 6) is -0.401. The number of benzene rings is 1. The molecule has 6 nitrogen and oxygen atoms in total. The Morgan fingerprint density at radius 1 is 1.22 bits per heavy atom. The van der Waals surface area contributed by atoms with E-state index in [0.29, 0.717) is 12.8 Å². The third kappa shape index (κ3) is 7.42. The molecule has 0 aromatic heterocycles. The van der Waals surface area contributed by atoms with E-state index in [4.69, 9.17) is 18.6 Å². The minimum Gasteiger partial charge on any atom is -0.457 e. The zero-order valence-electron chi connectivity index (χ0n) is 23.8. The smallest absolute Gasteiger partial charge is 0.308 e. The van der Waals surface area contributed by atoms with Crippen molar-refractivity contribution in [3.05, 3.63) is 59.7 Å². The Labute approximate surface area is 224 Å². The molecule has 1 unspecified atom stereocenters. The van der Waals surface area contributed by atoms with Gasteiger partial charge in [-0.15, -0.1) is 0 Å². The molecule has 7 heteroatoms. The Hall–Kier alpha value is -1.77. The molecule has 2 aliphatic rings. The summed E-state index contributed by atoms with van der Waals surface area (Å²) >= 11 is 0. The molecule has 2 aliphatic heterocycles. The van der Waals surface area contributed by atoms with Crippen LogP contribution in [-0.4, -0.2) is 49.9 Å². The van der Waals surface area contributed by atoms with E-state index in [2.05, 4.69) is 40.8 Å². The van der Waals surface area contributed by atoms with Crippen molar-refractivity contribution in [2.75, 3.05) is 6.61 Å². The van der Waals surface area contributed by atoms with Crippen LogP contribution in [0.3, 0.4) is 0 Å². The van der Waals surface area contributed by atoms with E-state index in [-0.39, 0.29) is 42.2 Å². The lowest BCUT2D eigenvalue weighted by molar-refractivity contribution is -0.151. The summed E-state index contributed by atoms with van der Waals surface area (Å²) in [4.78, 5) is 13.2. The number of ether oxygens (including phenoxy) is 3. The molecule has 0 radical (unpaired) electrons. The lowest BCUT2D eigenvalue weighted by atomic mass is 9.89. The molecule has 1 fully saturated rings. The predicted molar refractivity (Wildman–Crippen MR) is 148 cm³/mol. The summed E-state index contributed by atoms with van der Waals surface area (Å²) in [6, 6.07) is 9.99. The van der Waals surface area contributed by atoms with Crippen molar-refractivity contribution in [2.45, 2.75) is 109 Å². The number of carbonyl (C=O) groups is 1. The van der Waals surface area contributed by atoms with Crippen LogP contribution in [0.15, 0.2) is 54.1 Å². The fourth-order valence-corrected chi connectivity index (χ4v) is 6.08. The quantitative estimate of drug-likeness (QED) is 0.267. The van der Waals surface area contributed by atoms with Crippen molar-refractivity contribution < 1.29 is 28.5 Å². The second-order valence-corrected chi connectivity index (χ2v) is 17.0. The van der Waals surface area contributed by atoms with E-state index >= 15 is 0 Å². The highest BCUT2D eigenvalue weighted by atomic mass is 28.4. The van der Waals surface area contributed by atoms with E-state index in [1.54, 1.807) is 6.08 Å². The standard InChI is InChI=1S/C30H46O6Si/c1-21-14-15-25-30(6,35-28(33-25)23-12-10-9-11-13-23)18-16-24(36-37(7,8)29(3,4)5)20-26(32)34-27(21)22(2)17-19-31/h9-15,17,21,24-25,27-28,31H,16,18-20H2,1-8H3/t21-,24?,25-,27-,28-,30+/m0/s1. The van der Waals surface area contributed by atoms with E-state index in [1.807, 2.05) is 56.3 Å². The first kappa shape index (κ1) is 29.8. The Kier molecular flexibility index (Phi) is 9.62. The molecule has 0 saturated carbocycles. The highest BCUT2D eigenvalue weighted by Gasteiger charge is 2.47. The molecule has 1 aromatic carbocycles. The van der Waals surface area contributed by atoms with Crippen LogP contribution in [0, 0.1) is 5.92 Å². The number of hydrogen-bond donors (Lipinski definition) is 1. The second kappa shape index (κ2) is 12.0. The summed E-state index contributed by atoms with van der Waals surface area (Å²) in [6.45, 7) is 16.9. The summed E-state index contributed by atoms with van der Waals surface area (Å²) in [7, 11) is -2.14. The summed E-state index contributed by atoms with van der Waals surface area (Å²) in [5.41, 5.74) is 1.22. The van der Waals surface area contributed by atoms with Crippen LogP contribution in [-0.2, 0) is 23.4 Å². The van der Waals surface area contributed by atoms with Gasteiger partial charge in [-0.3, -0.25) is 4.79 Å². The molecule has 2 heterocycles. The minimum atomic E-state index is -2.14. The number of fused-ring (bicyclic) bond motifs is 1. The Morgan fingerprint density at radius 2 is 1.89 bits per heavy atom. The normalized spacial score (nSPS) is 32.3. The molecule has 1 aromatic rings. The van der Waals surface area contributed by atoms with Gasteiger partial charge in [0, 0.05) is 11.5 Å². The SMILES string of the molecule is CC(=CCO)[C@H]1OC(=O)CC(O[Si](C)(C)C(C)(C)C)CC[C@@]2(C)O[C@@H](c3ccccc3)O[C@H]2C=C[C@@H]1C. The highest BCUT2D eigenvalue weighted by molar-refractivity contribution is 6.74. The predicted octanol–water partition coefficient (Wildman–Crippen LogP) is 6.48. The molecular formula is C30H46O6Si. The summed E-state index contributed by atoms with van der Waals surface area (Å²) in [6.07, 6.45) is 5.78. The van der Waals surface area contributed by atoms with Gasteiger partial charge in [-0.25, -0.2) is 0 Å². The van der Waals surface area contributed by atoms with Crippen LogP contribution in [0.1, 0.15) is 72.7 Å². The molecule has 6 atom stereocenters. The maximum Gasteiger partial charge on any atom is 0.308 e. The van der Waals surface area contributed by atoms with Crippen molar-refractivity contribution >= 4 is 14.3 Å². The van der Waals surface area contributed by atoms with Crippen LogP contribution in [0.2, 0.25) is 18.1 Å². The van der Waals surface area contributed by atoms with Crippen LogP contribution in [0.4, 0.5) is 0 Å². The molecule has 0 aliphatic carbocycles. The van der Waals surface area contributed by atoms with Gasteiger partial charge in [0.2, 0.25) is 0 Å². The van der Waals surface area contributed by atoms with Gasteiger partial charge >= 0.3 is 5.97 Å². The molecule has 3 rings (SSSR count). The molecule has 1 saturated heterocycles. The Balaban J connectivity index is 1.97. The van der Waals surface area contributed by atoms with Crippen molar-refractivity contribution in [3.63, 3.8) is 0 Å². The van der Waals surface area contributed by atoms with Crippen LogP contribution < -0.4 is 0 Å². The number of hydrogen-bond acceptors (Lipinski definition) is 6. The Bertz CT molecular complexity index is 966. The van der Waals surface area contributed by atoms with Gasteiger partial charge < -0.3 is 23.7 Å². The van der Waals surface area contributed by atoms with Gasteiger partial charge in [-0.2, -0.15) is 0 Å². The molecule has 0 amide bonds. The Morgan fingerprint density at radius 3 is 2.51 bits per heavy atom. The lowest BCUT2D eigenvalue weighted by Gasteiger charge is -2.40. The van der Waals surface area contributed by atoms with Crippen molar-refractivity contribution in [3.8, 4) is 0 Å². The number of esters is 1. The lowest BCUT2D eigenvalue weighted by Crippen LogP contribution is -2.45. The number of aliphatic hydroxyl groups is 1. The number of aliphatic hydroxyl groups excluding tert-OH is 1. The molecule has 37 heavy (non-hydrogen) atoms. The van der Waals surface area contributed by atoms with Gasteiger partial charge in [0.25, 0.3) is 0 Å². The molecule has 206 valence electrons. The minimum absolute atomic E-state index is 0.0125. The molecule has 0 bridgehead atoms. The molecular weight excluding hydrogens is 484 g/mol. The third-order valence-corrected chi connectivity index (χ3v) is 12.7. The summed E-state index contributed by atoms with van der Waals surface area (Å²) in [5, 5.41) is 9.49. The monoisotopic (exact) mass is 530 g/mol. The third-order valence-electron chi connectivity index (χ3n) is 8.13. The maximum atomic E-state index is 13.2. The summed E-state index contributed by atoms with van der Waals surface area (Å²) < 4.78 is 25.8. The van der Waals surface area contributed by atoms with Crippen molar-refractivity contribution in [2.24, 2.45) is 5.92 Å².